The first-order valence-corrected chi connectivity index (χ1v) is 13.9. The summed E-state index contributed by atoms with van der Waals surface area (Å²) in [5.74, 6) is 0. The summed E-state index contributed by atoms with van der Waals surface area (Å²) in [6, 6.07) is 38.2. The van der Waals surface area contributed by atoms with Gasteiger partial charge in [0.05, 0.1) is 0 Å². The van der Waals surface area contributed by atoms with Gasteiger partial charge in [-0.2, -0.15) is 0 Å². The van der Waals surface area contributed by atoms with Crippen LogP contribution in [0, 0.1) is 0 Å². The Bertz CT molecular complexity index is 1340. The number of allylic oxidation sites excluding steroid dienone is 4. The smallest absolute Gasteiger partial charge is 0.147 e. The van der Waals surface area contributed by atoms with Crippen molar-refractivity contribution in [2.45, 2.75) is 10.0 Å². The summed E-state index contributed by atoms with van der Waals surface area (Å²) in [6.45, 7) is 0. The molecule has 0 bridgehead atoms. The van der Waals surface area contributed by atoms with E-state index in [0.29, 0.717) is 3.63 Å². The van der Waals surface area contributed by atoms with Crippen LogP contribution >= 0.6 is 24.8 Å². The van der Waals surface area contributed by atoms with Gasteiger partial charge in [0.15, 0.2) is 0 Å². The van der Waals surface area contributed by atoms with Gasteiger partial charge in [-0.3, -0.25) is 0 Å². The molecule has 167 valence electrons. The maximum atomic E-state index is 2.37. The van der Waals surface area contributed by atoms with Gasteiger partial charge < -0.3 is 0 Å². The number of benzene rings is 4. The molecule has 1 unspecified atom stereocenters. The number of halogens is 2. The average Bonchev–Trinajstić information content (AvgIpc) is 3.51. The minimum absolute atomic E-state index is 0. The van der Waals surface area contributed by atoms with Crippen molar-refractivity contribution in [3.05, 3.63) is 149 Å². The molecule has 0 heterocycles. The molecular weight excluding hydrogens is 534 g/mol. The molecule has 0 aliphatic heterocycles. The van der Waals surface area contributed by atoms with Gasteiger partial charge in [0, 0.05) is 0 Å². The fraction of sp³-hybridized carbons (Fsp3) is 0.0645. The second-order valence-corrected chi connectivity index (χ2v) is 11.7. The van der Waals surface area contributed by atoms with Gasteiger partial charge in [-0.05, 0) is 0 Å². The van der Waals surface area contributed by atoms with Crippen LogP contribution < -0.4 is 0 Å². The van der Waals surface area contributed by atoms with Crippen LogP contribution in [-0.2, 0) is 22.8 Å². The summed E-state index contributed by atoms with van der Waals surface area (Å²) in [6.07, 6.45) is 7.83. The van der Waals surface area contributed by atoms with Crippen molar-refractivity contribution in [2.24, 2.45) is 0 Å². The number of hydrogen-bond acceptors (Lipinski definition) is 0. The Hall–Kier alpha value is -2.31. The normalized spacial score (nSPS) is 14.7. The zero-order valence-electron chi connectivity index (χ0n) is 18.6. The van der Waals surface area contributed by atoms with E-state index in [4.69, 9.17) is 0 Å². The summed E-state index contributed by atoms with van der Waals surface area (Å²) >= 11 is -1.07. The predicted molar refractivity (Wildman–Crippen MR) is 146 cm³/mol. The average molecular weight is 560 g/mol. The Morgan fingerprint density at radius 3 is 1.85 bits per heavy atom. The Morgan fingerprint density at radius 2 is 1.21 bits per heavy atom. The monoisotopic (exact) mass is 557 g/mol. The Kier molecular flexibility index (Phi) is 8.00. The first-order chi connectivity index (χ1) is 15.9. The zero-order chi connectivity index (χ0) is 21.3. The third-order valence-corrected chi connectivity index (χ3v) is 10.8. The first kappa shape index (κ1) is 24.8. The molecule has 1 atom stereocenters. The van der Waals surface area contributed by atoms with Crippen molar-refractivity contribution in [3.63, 3.8) is 0 Å². The Labute approximate surface area is 225 Å². The molecule has 4 aromatic rings. The van der Waals surface area contributed by atoms with Crippen molar-refractivity contribution >= 4 is 33.6 Å². The van der Waals surface area contributed by atoms with E-state index in [9.17, 15) is 0 Å². The summed E-state index contributed by atoms with van der Waals surface area (Å²) in [5.41, 5.74) is 11.7. The molecule has 0 fully saturated rings. The Morgan fingerprint density at radius 1 is 0.618 bits per heavy atom. The van der Waals surface area contributed by atoms with Crippen LogP contribution in [0.25, 0.3) is 16.7 Å². The molecule has 0 saturated heterocycles. The van der Waals surface area contributed by atoms with Crippen LogP contribution in [0.3, 0.4) is 0 Å². The third kappa shape index (κ3) is 4.50. The molecule has 6 rings (SSSR count). The summed E-state index contributed by atoms with van der Waals surface area (Å²) in [5, 5.41) is 0. The second kappa shape index (κ2) is 11.0. The van der Waals surface area contributed by atoms with Crippen LogP contribution in [0.15, 0.2) is 121 Å². The number of fused-ring (bicyclic) bond motifs is 3. The van der Waals surface area contributed by atoms with Crippen LogP contribution in [0.1, 0.15) is 37.9 Å². The van der Waals surface area contributed by atoms with Gasteiger partial charge in [-0.15, -0.1) is 24.8 Å². The maximum absolute atomic E-state index is 2.37. The molecule has 3 heteroatoms. The van der Waals surface area contributed by atoms with Crippen LogP contribution in [0.4, 0.5) is 0 Å². The molecular formula is C31H25Cl2Zr. The van der Waals surface area contributed by atoms with Gasteiger partial charge in [0.25, 0.3) is 0 Å². The van der Waals surface area contributed by atoms with Crippen molar-refractivity contribution in [3.8, 4) is 11.1 Å². The van der Waals surface area contributed by atoms with Crippen molar-refractivity contribution in [1.29, 1.82) is 0 Å². The molecule has 0 aromatic heterocycles. The molecule has 0 saturated carbocycles. The fourth-order valence-corrected chi connectivity index (χ4v) is 9.49. The maximum Gasteiger partial charge on any atom is -0.147 e. The molecule has 0 N–H and O–H groups in total. The quantitative estimate of drug-likeness (QED) is 0.236. The molecule has 0 radical (unpaired) electrons. The molecule has 0 amide bonds. The molecule has 2 aliphatic carbocycles. The second-order valence-electron chi connectivity index (χ2n) is 8.36. The van der Waals surface area contributed by atoms with E-state index in [1.807, 2.05) is 0 Å². The summed E-state index contributed by atoms with van der Waals surface area (Å²) in [4.78, 5) is 0. The van der Waals surface area contributed by atoms with Crippen LogP contribution in [0.2, 0.25) is 0 Å². The Balaban J connectivity index is 0.00000137. The van der Waals surface area contributed by atoms with Gasteiger partial charge in [0.2, 0.25) is 0 Å². The van der Waals surface area contributed by atoms with E-state index in [1.54, 1.807) is 8.77 Å². The fourth-order valence-electron chi connectivity index (χ4n) is 5.02. The van der Waals surface area contributed by atoms with Crippen LogP contribution in [0.5, 0.6) is 0 Å². The zero-order valence-corrected chi connectivity index (χ0v) is 22.7. The summed E-state index contributed by atoms with van der Waals surface area (Å²) in [7, 11) is 0. The molecule has 34 heavy (non-hydrogen) atoms. The standard InChI is InChI=1S/C18H13.C13H10.2ClH.Zr/c1-2-7-13(6-1)15-10-5-11-17-16-9-4-3-8-14(16)12-18(15)17;1-3-7-12(8-4-1)11-13-9-5-2-6-10-13;;;/h1-6,8-12H,7H2;1-10H;2*1H;. The predicted octanol–water partition coefficient (Wildman–Crippen LogP) is 8.29. The van der Waals surface area contributed by atoms with Gasteiger partial charge in [-0.25, -0.2) is 0 Å². The third-order valence-electron chi connectivity index (χ3n) is 6.49. The SMILES string of the molecule is C1=CCC(c2cccc3c2[CH]([Zr]=[C](c2ccccc2)c2ccccc2)c2ccccc2-3)=C1.Cl.Cl. The van der Waals surface area contributed by atoms with E-state index < -0.39 is 22.8 Å². The van der Waals surface area contributed by atoms with Crippen molar-refractivity contribution < 1.29 is 22.8 Å². The largest absolute Gasteiger partial charge is 0.147 e. The molecule has 0 nitrogen and oxygen atoms in total. The first-order valence-electron chi connectivity index (χ1n) is 11.2. The molecule has 4 aromatic carbocycles. The van der Waals surface area contributed by atoms with Crippen molar-refractivity contribution in [2.75, 3.05) is 0 Å². The topological polar surface area (TPSA) is 0 Å². The van der Waals surface area contributed by atoms with Gasteiger partial charge in [0.1, 0.15) is 0 Å². The minimum atomic E-state index is -1.07. The molecule has 0 spiro atoms. The van der Waals surface area contributed by atoms with E-state index in [1.165, 1.54) is 39.0 Å². The number of rotatable bonds is 4. The summed E-state index contributed by atoms with van der Waals surface area (Å²) < 4.78 is 2.09. The van der Waals surface area contributed by atoms with E-state index in [0.717, 1.165) is 6.42 Å². The van der Waals surface area contributed by atoms with Crippen LogP contribution in [-0.4, -0.2) is 3.21 Å². The molecule has 2 aliphatic rings. The minimum Gasteiger partial charge on any atom is -0.147 e. The van der Waals surface area contributed by atoms with Gasteiger partial charge in [-0.1, -0.05) is 0 Å². The number of hydrogen-bond donors (Lipinski definition) is 0. The van der Waals surface area contributed by atoms with Crippen molar-refractivity contribution in [1.82, 2.24) is 0 Å². The van der Waals surface area contributed by atoms with Gasteiger partial charge >= 0.3 is 202 Å². The van der Waals surface area contributed by atoms with E-state index >= 15 is 0 Å². The van der Waals surface area contributed by atoms with E-state index in [2.05, 4.69) is 121 Å². The van der Waals surface area contributed by atoms with E-state index in [-0.39, 0.29) is 24.8 Å².